The molecule has 1 aliphatic heterocycles. The van der Waals surface area contributed by atoms with Gasteiger partial charge in [-0.2, -0.15) is 5.10 Å². The average Bonchev–Trinajstić information content (AvgIpc) is 2.70. The number of ether oxygens (including phenoxy) is 1. The Kier molecular flexibility index (Phi) is 3.61. The van der Waals surface area contributed by atoms with Crippen LogP contribution in [0.5, 0.6) is 0 Å². The van der Waals surface area contributed by atoms with Crippen molar-refractivity contribution in [3.63, 3.8) is 0 Å². The Labute approximate surface area is 99.5 Å². The second-order valence-electron chi connectivity index (χ2n) is 3.94. The summed E-state index contributed by atoms with van der Waals surface area (Å²) in [5, 5.41) is 4.52. The summed E-state index contributed by atoms with van der Waals surface area (Å²) in [6.45, 7) is 3.85. The van der Waals surface area contributed by atoms with Crippen LogP contribution in [-0.2, 0) is 11.3 Å². The number of carbonyl (C=O) groups excluding carboxylic acids is 1. The van der Waals surface area contributed by atoms with Crippen LogP contribution in [-0.4, -0.2) is 28.8 Å². The van der Waals surface area contributed by atoms with Crippen molar-refractivity contribution < 1.29 is 9.53 Å². The van der Waals surface area contributed by atoms with Gasteiger partial charge in [0.1, 0.15) is 5.69 Å². The summed E-state index contributed by atoms with van der Waals surface area (Å²) >= 11 is 5.99. The minimum Gasteiger partial charge on any atom is -0.381 e. The normalized spacial score (nSPS) is 21.0. The summed E-state index contributed by atoms with van der Waals surface area (Å²) in [6.07, 6.45) is 3.35. The zero-order chi connectivity index (χ0) is 11.5. The Balaban J connectivity index is 2.21. The molecule has 1 fully saturated rings. The fraction of sp³-hybridized carbons (Fsp3) is 0.636. The van der Waals surface area contributed by atoms with Crippen molar-refractivity contribution in [2.45, 2.75) is 26.3 Å². The topological polar surface area (TPSA) is 44.1 Å². The van der Waals surface area contributed by atoms with Crippen molar-refractivity contribution in [3.05, 3.63) is 16.9 Å². The lowest BCUT2D eigenvalue weighted by atomic mass is 9.95. The van der Waals surface area contributed by atoms with Gasteiger partial charge in [-0.25, -0.2) is 0 Å². The third kappa shape index (κ3) is 2.13. The Morgan fingerprint density at radius 2 is 2.56 bits per heavy atom. The first-order valence-corrected chi connectivity index (χ1v) is 5.95. The Morgan fingerprint density at radius 1 is 1.75 bits per heavy atom. The van der Waals surface area contributed by atoms with Crippen molar-refractivity contribution >= 4 is 17.4 Å². The zero-order valence-corrected chi connectivity index (χ0v) is 10.0. The maximum Gasteiger partial charge on any atom is 0.187 e. The van der Waals surface area contributed by atoms with Gasteiger partial charge in [-0.1, -0.05) is 11.6 Å². The van der Waals surface area contributed by atoms with Gasteiger partial charge >= 0.3 is 0 Å². The smallest absolute Gasteiger partial charge is 0.187 e. The van der Waals surface area contributed by atoms with E-state index >= 15 is 0 Å². The van der Waals surface area contributed by atoms with Gasteiger partial charge in [-0.3, -0.25) is 9.48 Å². The standard InChI is InChI=1S/C11H15ClN2O2/c1-2-14-10(9(12)6-13-14)11(15)8-4-3-5-16-7-8/h6,8H,2-5,7H2,1H3. The van der Waals surface area contributed by atoms with Gasteiger partial charge in [0.2, 0.25) is 0 Å². The van der Waals surface area contributed by atoms with E-state index in [9.17, 15) is 4.79 Å². The molecule has 16 heavy (non-hydrogen) atoms. The summed E-state index contributed by atoms with van der Waals surface area (Å²) in [5.74, 6) is -0.00250. The molecule has 1 aromatic heterocycles. The number of hydrogen-bond acceptors (Lipinski definition) is 3. The number of hydrogen-bond donors (Lipinski definition) is 0. The lowest BCUT2D eigenvalue weighted by molar-refractivity contribution is 0.0454. The minimum atomic E-state index is -0.0618. The van der Waals surface area contributed by atoms with Gasteiger partial charge in [0, 0.05) is 19.1 Å². The highest BCUT2D eigenvalue weighted by molar-refractivity contribution is 6.33. The van der Waals surface area contributed by atoms with Gasteiger partial charge < -0.3 is 4.74 Å². The molecule has 2 rings (SSSR count). The van der Waals surface area contributed by atoms with E-state index in [1.54, 1.807) is 4.68 Å². The van der Waals surface area contributed by atoms with Gasteiger partial charge in [0.25, 0.3) is 0 Å². The Hall–Kier alpha value is -0.870. The molecule has 0 aliphatic carbocycles. The molecule has 0 bridgehead atoms. The van der Waals surface area contributed by atoms with Crippen molar-refractivity contribution in [1.29, 1.82) is 0 Å². The first kappa shape index (κ1) is 11.6. The lowest BCUT2D eigenvalue weighted by Gasteiger charge is -2.21. The molecule has 0 N–H and O–H groups in total. The fourth-order valence-electron chi connectivity index (χ4n) is 1.99. The zero-order valence-electron chi connectivity index (χ0n) is 9.28. The van der Waals surface area contributed by atoms with Crippen LogP contribution < -0.4 is 0 Å². The van der Waals surface area contributed by atoms with Crippen LogP contribution >= 0.6 is 11.6 Å². The van der Waals surface area contributed by atoms with Crippen molar-refractivity contribution in [2.24, 2.45) is 5.92 Å². The molecule has 5 heteroatoms. The maximum atomic E-state index is 12.2. The average molecular weight is 243 g/mol. The van der Waals surface area contributed by atoms with Gasteiger partial charge in [0.15, 0.2) is 5.78 Å². The van der Waals surface area contributed by atoms with Crippen LogP contribution in [0, 0.1) is 5.92 Å². The first-order chi connectivity index (χ1) is 7.74. The molecule has 0 spiro atoms. The van der Waals surface area contributed by atoms with E-state index in [1.165, 1.54) is 6.20 Å². The molecular formula is C11H15ClN2O2. The van der Waals surface area contributed by atoms with Gasteiger partial charge in [0.05, 0.1) is 17.8 Å². The largest absolute Gasteiger partial charge is 0.381 e. The second-order valence-corrected chi connectivity index (χ2v) is 4.34. The summed E-state index contributed by atoms with van der Waals surface area (Å²) in [5.41, 5.74) is 0.527. The SMILES string of the molecule is CCn1ncc(Cl)c1C(=O)C1CCCOC1. The van der Waals surface area contributed by atoms with Crippen molar-refractivity contribution in [1.82, 2.24) is 9.78 Å². The van der Waals surface area contributed by atoms with E-state index < -0.39 is 0 Å². The molecule has 1 unspecified atom stereocenters. The molecule has 1 aromatic rings. The monoisotopic (exact) mass is 242 g/mol. The highest BCUT2D eigenvalue weighted by Crippen LogP contribution is 2.23. The van der Waals surface area contributed by atoms with Crippen molar-refractivity contribution in [3.8, 4) is 0 Å². The van der Waals surface area contributed by atoms with E-state index in [0.29, 0.717) is 23.9 Å². The Morgan fingerprint density at radius 3 is 3.19 bits per heavy atom. The fourth-order valence-corrected chi connectivity index (χ4v) is 2.22. The third-order valence-electron chi connectivity index (χ3n) is 2.86. The molecule has 88 valence electrons. The van der Waals surface area contributed by atoms with Crippen LogP contribution in [0.25, 0.3) is 0 Å². The van der Waals surface area contributed by atoms with Crippen LogP contribution in [0.1, 0.15) is 30.3 Å². The van der Waals surface area contributed by atoms with Gasteiger partial charge in [-0.05, 0) is 19.8 Å². The molecule has 1 aliphatic rings. The molecule has 1 saturated heterocycles. The van der Waals surface area contributed by atoms with E-state index in [0.717, 1.165) is 19.4 Å². The molecule has 0 amide bonds. The highest BCUT2D eigenvalue weighted by atomic mass is 35.5. The van der Waals surface area contributed by atoms with E-state index in [2.05, 4.69) is 5.10 Å². The summed E-state index contributed by atoms with van der Waals surface area (Å²) in [7, 11) is 0. The molecular weight excluding hydrogens is 228 g/mol. The highest BCUT2D eigenvalue weighted by Gasteiger charge is 2.27. The molecule has 0 saturated carbocycles. The predicted octanol–water partition coefficient (Wildman–Crippen LogP) is 2.17. The number of rotatable bonds is 3. The Bertz CT molecular complexity index is 383. The molecule has 2 heterocycles. The van der Waals surface area contributed by atoms with Crippen LogP contribution in [0.3, 0.4) is 0 Å². The van der Waals surface area contributed by atoms with Gasteiger partial charge in [-0.15, -0.1) is 0 Å². The predicted molar refractivity (Wildman–Crippen MR) is 60.8 cm³/mol. The first-order valence-electron chi connectivity index (χ1n) is 5.57. The molecule has 1 atom stereocenters. The quantitative estimate of drug-likeness (QED) is 0.763. The molecule has 0 radical (unpaired) electrons. The number of carbonyl (C=O) groups is 1. The number of aryl methyl sites for hydroxylation is 1. The number of ketones is 1. The van der Waals surface area contributed by atoms with E-state index in [1.807, 2.05) is 6.92 Å². The number of nitrogens with zero attached hydrogens (tertiary/aromatic N) is 2. The molecule has 0 aromatic carbocycles. The number of Topliss-reactive ketones (excluding diaryl/α,β-unsaturated/α-hetero) is 1. The van der Waals surface area contributed by atoms with E-state index in [-0.39, 0.29) is 11.7 Å². The summed E-state index contributed by atoms with van der Waals surface area (Å²) in [4.78, 5) is 12.2. The van der Waals surface area contributed by atoms with Crippen LogP contribution in [0.15, 0.2) is 6.20 Å². The third-order valence-corrected chi connectivity index (χ3v) is 3.14. The van der Waals surface area contributed by atoms with Crippen LogP contribution in [0.2, 0.25) is 5.02 Å². The van der Waals surface area contributed by atoms with E-state index in [4.69, 9.17) is 16.3 Å². The van der Waals surface area contributed by atoms with Crippen LogP contribution in [0.4, 0.5) is 0 Å². The lowest BCUT2D eigenvalue weighted by Crippen LogP contribution is -2.27. The molecule has 4 nitrogen and oxygen atoms in total. The van der Waals surface area contributed by atoms with Crippen molar-refractivity contribution in [2.75, 3.05) is 13.2 Å². The minimum absolute atomic E-state index is 0.0593. The number of halogens is 1. The maximum absolute atomic E-state index is 12.2. The summed E-state index contributed by atoms with van der Waals surface area (Å²) < 4.78 is 6.97. The summed E-state index contributed by atoms with van der Waals surface area (Å²) in [6, 6.07) is 0. The second kappa shape index (κ2) is 4.97. The number of aromatic nitrogens is 2.